The van der Waals surface area contributed by atoms with E-state index in [9.17, 15) is 18.0 Å². The molecular formula is C18H14F3N3OS. The number of rotatable bonds is 2. The van der Waals surface area contributed by atoms with Gasteiger partial charge in [0.2, 0.25) is 0 Å². The smallest absolute Gasteiger partial charge is 0.256 e. The normalized spacial score (nSPS) is 14.9. The fourth-order valence-corrected chi connectivity index (χ4v) is 4.00. The summed E-state index contributed by atoms with van der Waals surface area (Å²) in [7, 11) is 0. The van der Waals surface area contributed by atoms with E-state index in [1.54, 1.807) is 6.07 Å². The van der Waals surface area contributed by atoms with Crippen LogP contribution in [-0.2, 0) is 0 Å². The first-order valence-corrected chi connectivity index (χ1v) is 8.89. The average Bonchev–Trinajstić information content (AvgIpc) is 3.07. The monoisotopic (exact) mass is 377 g/mol. The zero-order valence-electron chi connectivity index (χ0n) is 13.6. The quantitative estimate of drug-likeness (QED) is 0.684. The molecule has 4 rings (SSSR count). The van der Waals surface area contributed by atoms with Crippen LogP contribution in [0.1, 0.15) is 10.4 Å². The fourth-order valence-electron chi connectivity index (χ4n) is 2.97. The highest BCUT2D eigenvalue weighted by atomic mass is 32.1. The van der Waals surface area contributed by atoms with Crippen LogP contribution in [0.25, 0.3) is 10.2 Å². The molecule has 0 N–H and O–H groups in total. The van der Waals surface area contributed by atoms with Gasteiger partial charge in [0, 0.05) is 32.2 Å². The predicted molar refractivity (Wildman–Crippen MR) is 94.1 cm³/mol. The Kier molecular flexibility index (Phi) is 4.28. The standard InChI is InChI=1S/C18H14F3N3OS/c19-11-4-5-12(14(21)10-11)17(25)23-6-8-24(9-7-23)18-22-16-13(20)2-1-3-15(16)26-18/h1-5,10H,6-9H2. The van der Waals surface area contributed by atoms with Crippen molar-refractivity contribution in [1.29, 1.82) is 0 Å². The van der Waals surface area contributed by atoms with Crippen LogP contribution in [0.5, 0.6) is 0 Å². The van der Waals surface area contributed by atoms with Crippen molar-refractivity contribution in [2.24, 2.45) is 0 Å². The van der Waals surface area contributed by atoms with Gasteiger partial charge in [-0.3, -0.25) is 4.79 Å². The second kappa shape index (κ2) is 6.60. The van der Waals surface area contributed by atoms with E-state index in [0.717, 1.165) is 16.8 Å². The van der Waals surface area contributed by atoms with Gasteiger partial charge in [-0.25, -0.2) is 18.2 Å². The SMILES string of the molecule is O=C(c1ccc(F)cc1F)N1CCN(c2nc3c(F)cccc3s2)CC1. The van der Waals surface area contributed by atoms with Crippen LogP contribution >= 0.6 is 11.3 Å². The van der Waals surface area contributed by atoms with Gasteiger partial charge in [0.25, 0.3) is 5.91 Å². The molecule has 0 atom stereocenters. The summed E-state index contributed by atoms with van der Waals surface area (Å²) < 4.78 is 41.4. The van der Waals surface area contributed by atoms with E-state index in [4.69, 9.17) is 0 Å². The molecule has 4 nitrogen and oxygen atoms in total. The number of piperazine rings is 1. The zero-order valence-corrected chi connectivity index (χ0v) is 14.4. The van der Waals surface area contributed by atoms with Crippen molar-refractivity contribution in [3.05, 3.63) is 59.4 Å². The summed E-state index contributed by atoms with van der Waals surface area (Å²) in [5.74, 6) is -2.39. The van der Waals surface area contributed by atoms with Crippen molar-refractivity contribution in [3.63, 3.8) is 0 Å². The molecule has 1 saturated heterocycles. The second-order valence-corrected chi connectivity index (χ2v) is 7.00. The van der Waals surface area contributed by atoms with Gasteiger partial charge in [-0.2, -0.15) is 0 Å². The van der Waals surface area contributed by atoms with Gasteiger partial charge in [-0.05, 0) is 24.3 Å². The van der Waals surface area contributed by atoms with E-state index in [1.165, 1.54) is 22.3 Å². The lowest BCUT2D eigenvalue weighted by Crippen LogP contribution is -2.49. The number of aromatic nitrogens is 1. The Hall–Kier alpha value is -2.61. The lowest BCUT2D eigenvalue weighted by atomic mass is 10.1. The van der Waals surface area contributed by atoms with E-state index in [1.807, 2.05) is 11.0 Å². The molecule has 2 heterocycles. The number of amides is 1. The first-order valence-electron chi connectivity index (χ1n) is 8.07. The van der Waals surface area contributed by atoms with E-state index in [-0.39, 0.29) is 11.4 Å². The lowest BCUT2D eigenvalue weighted by molar-refractivity contribution is 0.0742. The van der Waals surface area contributed by atoms with Crippen molar-refractivity contribution in [2.75, 3.05) is 31.1 Å². The van der Waals surface area contributed by atoms with Crippen LogP contribution in [0.2, 0.25) is 0 Å². The van der Waals surface area contributed by atoms with Crippen LogP contribution in [0.15, 0.2) is 36.4 Å². The van der Waals surface area contributed by atoms with Gasteiger partial charge in [-0.15, -0.1) is 0 Å². The number of fused-ring (bicyclic) bond motifs is 1. The molecule has 26 heavy (non-hydrogen) atoms. The number of thiazole rings is 1. The minimum absolute atomic E-state index is 0.137. The third-order valence-corrected chi connectivity index (χ3v) is 5.44. The molecular weight excluding hydrogens is 363 g/mol. The number of anilines is 1. The fraction of sp³-hybridized carbons (Fsp3) is 0.222. The van der Waals surface area contributed by atoms with Crippen molar-refractivity contribution in [3.8, 4) is 0 Å². The number of carbonyl (C=O) groups is 1. The summed E-state index contributed by atoms with van der Waals surface area (Å²) in [6.07, 6.45) is 0. The second-order valence-electron chi connectivity index (χ2n) is 5.99. The number of carbonyl (C=O) groups excluding carboxylic acids is 1. The highest BCUT2D eigenvalue weighted by molar-refractivity contribution is 7.22. The van der Waals surface area contributed by atoms with Crippen LogP contribution in [0, 0.1) is 17.5 Å². The Morgan fingerprint density at radius 1 is 1.00 bits per heavy atom. The first kappa shape index (κ1) is 16.8. The zero-order chi connectivity index (χ0) is 18.3. The van der Waals surface area contributed by atoms with Crippen LogP contribution in [0.4, 0.5) is 18.3 Å². The molecule has 0 saturated carbocycles. The third-order valence-electron chi connectivity index (χ3n) is 4.36. The highest BCUT2D eigenvalue weighted by Crippen LogP contribution is 2.30. The summed E-state index contributed by atoms with van der Waals surface area (Å²) in [6, 6.07) is 7.78. The molecule has 1 fully saturated rings. The van der Waals surface area contributed by atoms with E-state index < -0.39 is 17.5 Å². The lowest BCUT2D eigenvalue weighted by Gasteiger charge is -2.34. The van der Waals surface area contributed by atoms with Gasteiger partial charge in [0.15, 0.2) is 5.13 Å². The Labute approximate surface area is 151 Å². The van der Waals surface area contributed by atoms with Crippen LogP contribution in [0.3, 0.4) is 0 Å². The molecule has 1 aliphatic heterocycles. The molecule has 1 aliphatic rings. The van der Waals surface area contributed by atoms with Crippen LogP contribution < -0.4 is 4.90 Å². The van der Waals surface area contributed by atoms with Crippen molar-refractivity contribution in [2.45, 2.75) is 0 Å². The number of hydrogen-bond donors (Lipinski definition) is 0. The molecule has 0 spiro atoms. The number of nitrogens with zero attached hydrogens (tertiary/aromatic N) is 3. The van der Waals surface area contributed by atoms with Gasteiger partial charge in [0.1, 0.15) is 23.0 Å². The number of para-hydroxylation sites is 1. The van der Waals surface area contributed by atoms with E-state index in [2.05, 4.69) is 4.98 Å². The molecule has 1 aromatic heterocycles. The molecule has 3 aromatic rings. The average molecular weight is 377 g/mol. The maximum atomic E-state index is 13.8. The summed E-state index contributed by atoms with van der Waals surface area (Å²) in [6.45, 7) is 1.79. The summed E-state index contributed by atoms with van der Waals surface area (Å²) in [5, 5.41) is 0.699. The molecule has 0 radical (unpaired) electrons. The van der Waals surface area contributed by atoms with Gasteiger partial charge in [-0.1, -0.05) is 17.4 Å². The maximum absolute atomic E-state index is 13.8. The Morgan fingerprint density at radius 3 is 2.46 bits per heavy atom. The molecule has 0 unspecified atom stereocenters. The molecule has 8 heteroatoms. The molecule has 134 valence electrons. The van der Waals surface area contributed by atoms with Crippen molar-refractivity contribution < 1.29 is 18.0 Å². The van der Waals surface area contributed by atoms with Crippen molar-refractivity contribution >= 4 is 32.6 Å². The minimum Gasteiger partial charge on any atom is -0.345 e. The predicted octanol–water partition coefficient (Wildman–Crippen LogP) is 3.68. The minimum atomic E-state index is -0.862. The van der Waals surface area contributed by atoms with Gasteiger partial charge in [0.05, 0.1) is 10.3 Å². The summed E-state index contributed by atoms with van der Waals surface area (Å²) >= 11 is 1.40. The Bertz CT molecular complexity index is 983. The Balaban J connectivity index is 1.48. The number of benzene rings is 2. The van der Waals surface area contributed by atoms with Gasteiger partial charge >= 0.3 is 0 Å². The van der Waals surface area contributed by atoms with Crippen LogP contribution in [-0.4, -0.2) is 42.0 Å². The summed E-state index contributed by atoms with van der Waals surface area (Å²) in [5.41, 5.74) is 0.210. The largest absolute Gasteiger partial charge is 0.345 e. The topological polar surface area (TPSA) is 36.4 Å². The van der Waals surface area contributed by atoms with Crippen molar-refractivity contribution in [1.82, 2.24) is 9.88 Å². The van der Waals surface area contributed by atoms with E-state index in [0.29, 0.717) is 42.9 Å². The van der Waals surface area contributed by atoms with E-state index >= 15 is 0 Å². The maximum Gasteiger partial charge on any atom is 0.256 e. The third kappa shape index (κ3) is 3.01. The molecule has 2 aromatic carbocycles. The molecule has 0 aliphatic carbocycles. The van der Waals surface area contributed by atoms with Gasteiger partial charge < -0.3 is 9.80 Å². The molecule has 1 amide bonds. The molecule has 0 bridgehead atoms. The Morgan fingerprint density at radius 2 is 1.77 bits per heavy atom. The number of halogens is 3. The number of hydrogen-bond acceptors (Lipinski definition) is 4. The summed E-state index contributed by atoms with van der Waals surface area (Å²) in [4.78, 5) is 20.3. The first-order chi connectivity index (χ1) is 12.5. The highest BCUT2D eigenvalue weighted by Gasteiger charge is 2.26.